The minimum atomic E-state index is -4.37. The van der Waals surface area contributed by atoms with Gasteiger partial charge in [0.05, 0.1) is 29.8 Å². The number of nitrogens with one attached hydrogen (secondary N) is 1. The molecule has 1 N–H and O–H groups in total. The molecule has 2 aromatic heterocycles. The summed E-state index contributed by atoms with van der Waals surface area (Å²) in [5, 5.41) is 6.61. The van der Waals surface area contributed by atoms with E-state index >= 15 is 0 Å². The number of hydrogen-bond donors (Lipinski definition) is 1. The Hall–Kier alpha value is -3.42. The average Bonchev–Trinajstić information content (AvgIpc) is 3.32. The molecule has 0 atom stereocenters. The zero-order valence-electron chi connectivity index (χ0n) is 14.0. The van der Waals surface area contributed by atoms with E-state index in [4.69, 9.17) is 0 Å². The molecule has 0 aliphatic carbocycles. The second-order valence-electron chi connectivity index (χ2n) is 5.94. The summed E-state index contributed by atoms with van der Waals surface area (Å²) in [4.78, 5) is 8.60. The Morgan fingerprint density at radius 3 is 2.26 bits per heavy atom. The lowest BCUT2D eigenvalue weighted by Gasteiger charge is -2.11. The maximum Gasteiger partial charge on any atom is 0.416 e. The largest absolute Gasteiger partial charge is 0.416 e. The summed E-state index contributed by atoms with van der Waals surface area (Å²) in [5.74, 6) is 0.625. The summed E-state index contributed by atoms with van der Waals surface area (Å²) in [6, 6.07) is 14.6. The van der Waals surface area contributed by atoms with E-state index in [9.17, 15) is 13.2 Å². The maximum atomic E-state index is 12.9. The van der Waals surface area contributed by atoms with Crippen LogP contribution < -0.4 is 0 Å². The predicted molar refractivity (Wildman–Crippen MR) is 93.6 cm³/mol. The number of aromatic nitrogens is 5. The van der Waals surface area contributed by atoms with Crippen LogP contribution in [0, 0.1) is 0 Å². The molecule has 4 aromatic rings. The van der Waals surface area contributed by atoms with E-state index in [2.05, 4.69) is 20.2 Å². The number of alkyl halides is 3. The minimum Gasteiger partial charge on any atom is -0.322 e. The van der Waals surface area contributed by atoms with Crippen molar-refractivity contribution in [1.82, 2.24) is 24.7 Å². The van der Waals surface area contributed by atoms with Gasteiger partial charge in [-0.05, 0) is 12.1 Å². The van der Waals surface area contributed by atoms with Crippen molar-refractivity contribution in [3.05, 3.63) is 78.6 Å². The smallest absolute Gasteiger partial charge is 0.322 e. The van der Waals surface area contributed by atoms with Gasteiger partial charge in [-0.2, -0.15) is 18.3 Å². The van der Waals surface area contributed by atoms with Crippen molar-refractivity contribution in [2.24, 2.45) is 0 Å². The van der Waals surface area contributed by atoms with Crippen molar-refractivity contribution >= 4 is 0 Å². The second kappa shape index (κ2) is 6.71. The van der Waals surface area contributed by atoms with E-state index < -0.39 is 11.7 Å². The Balaban J connectivity index is 1.82. The number of imidazole rings is 1. The topological polar surface area (TPSA) is 59.4 Å². The molecule has 4 rings (SSSR count). The third-order valence-electron chi connectivity index (χ3n) is 4.16. The van der Waals surface area contributed by atoms with Gasteiger partial charge in [0.15, 0.2) is 0 Å². The average molecular weight is 369 g/mol. The Kier molecular flexibility index (Phi) is 4.23. The molecule has 27 heavy (non-hydrogen) atoms. The third-order valence-corrected chi connectivity index (χ3v) is 4.16. The molecule has 0 saturated carbocycles. The molecule has 0 bridgehead atoms. The second-order valence-corrected chi connectivity index (χ2v) is 5.94. The number of halogens is 3. The Morgan fingerprint density at radius 2 is 1.63 bits per heavy atom. The van der Waals surface area contributed by atoms with Crippen molar-refractivity contribution in [3.63, 3.8) is 0 Å². The molecular formula is C19H14F3N5. The Labute approximate surface area is 152 Å². The van der Waals surface area contributed by atoms with Crippen LogP contribution in [0.2, 0.25) is 0 Å². The quantitative estimate of drug-likeness (QED) is 0.580. The lowest BCUT2D eigenvalue weighted by Crippen LogP contribution is -2.05. The van der Waals surface area contributed by atoms with E-state index in [0.717, 1.165) is 17.7 Å². The van der Waals surface area contributed by atoms with Crippen molar-refractivity contribution in [1.29, 1.82) is 0 Å². The summed E-state index contributed by atoms with van der Waals surface area (Å²) in [5.41, 5.74) is 2.23. The number of nitrogens with zero attached hydrogens (tertiary/aromatic N) is 4. The molecule has 0 fully saturated rings. The zero-order valence-corrected chi connectivity index (χ0v) is 14.0. The van der Waals surface area contributed by atoms with Crippen LogP contribution in [-0.2, 0) is 12.7 Å². The van der Waals surface area contributed by atoms with Crippen LogP contribution in [0.5, 0.6) is 0 Å². The van der Waals surface area contributed by atoms with E-state index in [1.807, 2.05) is 34.9 Å². The summed E-state index contributed by atoms with van der Waals surface area (Å²) in [7, 11) is 0. The molecule has 0 saturated heterocycles. The van der Waals surface area contributed by atoms with Crippen molar-refractivity contribution < 1.29 is 13.2 Å². The van der Waals surface area contributed by atoms with Gasteiger partial charge in [-0.25, -0.2) is 9.97 Å². The molecule has 0 radical (unpaired) electrons. The number of H-pyrrole nitrogens is 1. The Bertz CT molecular complexity index is 1020. The van der Waals surface area contributed by atoms with E-state index in [0.29, 0.717) is 29.3 Å². The van der Waals surface area contributed by atoms with Gasteiger partial charge >= 0.3 is 6.18 Å². The lowest BCUT2D eigenvalue weighted by atomic mass is 10.0. The monoisotopic (exact) mass is 369 g/mol. The van der Waals surface area contributed by atoms with Gasteiger partial charge in [0.1, 0.15) is 12.2 Å². The van der Waals surface area contributed by atoms with E-state index in [1.165, 1.54) is 18.5 Å². The molecule has 0 spiro atoms. The standard InChI is InChI=1S/C19H14F3N5/c20-19(21,22)15-8-6-14(7-9-15)18-17(13-4-2-1-3-5-13)24-12-27(18)10-16-23-11-25-26-16/h1-9,11-12H,10H2,(H,23,25,26). The van der Waals surface area contributed by atoms with Crippen LogP contribution in [0.1, 0.15) is 11.4 Å². The van der Waals surface area contributed by atoms with Gasteiger partial charge in [0.25, 0.3) is 0 Å². The van der Waals surface area contributed by atoms with E-state index in [-0.39, 0.29) is 0 Å². The van der Waals surface area contributed by atoms with Gasteiger partial charge in [-0.3, -0.25) is 5.10 Å². The van der Waals surface area contributed by atoms with Crippen molar-refractivity contribution in [2.75, 3.05) is 0 Å². The molecule has 2 aromatic carbocycles. The summed E-state index contributed by atoms with van der Waals surface area (Å²) >= 11 is 0. The molecule has 136 valence electrons. The number of aromatic amines is 1. The van der Waals surface area contributed by atoms with Gasteiger partial charge in [0, 0.05) is 11.1 Å². The summed E-state index contributed by atoms with van der Waals surface area (Å²) in [6.07, 6.45) is -1.32. The van der Waals surface area contributed by atoms with Crippen LogP contribution in [0.3, 0.4) is 0 Å². The number of rotatable bonds is 4. The minimum absolute atomic E-state index is 0.371. The first kappa shape index (κ1) is 17.0. The van der Waals surface area contributed by atoms with Crippen LogP contribution in [-0.4, -0.2) is 24.7 Å². The molecule has 8 heteroatoms. The molecule has 0 aliphatic rings. The number of hydrogen-bond acceptors (Lipinski definition) is 3. The van der Waals surface area contributed by atoms with Crippen LogP contribution in [0.4, 0.5) is 13.2 Å². The maximum absolute atomic E-state index is 12.9. The summed E-state index contributed by atoms with van der Waals surface area (Å²) < 4.78 is 40.5. The molecule has 0 amide bonds. The third kappa shape index (κ3) is 3.46. The molecular weight excluding hydrogens is 355 g/mol. The van der Waals surface area contributed by atoms with Crippen LogP contribution >= 0.6 is 0 Å². The number of benzene rings is 2. The predicted octanol–water partition coefficient (Wildman–Crippen LogP) is 4.40. The fourth-order valence-electron chi connectivity index (χ4n) is 2.90. The van der Waals surface area contributed by atoms with Gasteiger partial charge in [-0.1, -0.05) is 42.5 Å². The lowest BCUT2D eigenvalue weighted by molar-refractivity contribution is -0.137. The molecule has 5 nitrogen and oxygen atoms in total. The fraction of sp³-hybridized carbons (Fsp3) is 0.105. The highest BCUT2D eigenvalue weighted by atomic mass is 19.4. The summed E-state index contributed by atoms with van der Waals surface area (Å²) in [6.45, 7) is 0.371. The zero-order chi connectivity index (χ0) is 18.9. The van der Waals surface area contributed by atoms with Crippen molar-refractivity contribution in [2.45, 2.75) is 12.7 Å². The SMILES string of the molecule is FC(F)(F)c1ccc(-c2c(-c3ccccc3)ncn2Cc2ncn[nH]2)cc1. The fourth-order valence-corrected chi connectivity index (χ4v) is 2.90. The molecule has 2 heterocycles. The first-order valence-corrected chi connectivity index (χ1v) is 8.15. The highest BCUT2D eigenvalue weighted by Gasteiger charge is 2.30. The first-order valence-electron chi connectivity index (χ1n) is 8.15. The van der Waals surface area contributed by atoms with E-state index in [1.54, 1.807) is 6.33 Å². The molecule has 0 aliphatic heterocycles. The van der Waals surface area contributed by atoms with Crippen LogP contribution in [0.25, 0.3) is 22.5 Å². The van der Waals surface area contributed by atoms with Gasteiger partial charge in [0.2, 0.25) is 0 Å². The van der Waals surface area contributed by atoms with Crippen molar-refractivity contribution in [3.8, 4) is 22.5 Å². The highest BCUT2D eigenvalue weighted by Crippen LogP contribution is 2.34. The normalized spacial score (nSPS) is 11.7. The highest BCUT2D eigenvalue weighted by molar-refractivity contribution is 5.78. The molecule has 0 unspecified atom stereocenters. The van der Waals surface area contributed by atoms with Crippen LogP contribution in [0.15, 0.2) is 67.3 Å². The Morgan fingerprint density at radius 1 is 0.889 bits per heavy atom. The van der Waals surface area contributed by atoms with Gasteiger partial charge in [-0.15, -0.1) is 0 Å². The first-order chi connectivity index (χ1) is 13.0. The van der Waals surface area contributed by atoms with Gasteiger partial charge < -0.3 is 4.57 Å².